The monoisotopic (exact) mass is 221 g/mol. The van der Waals surface area contributed by atoms with Crippen LogP contribution >= 0.6 is 0 Å². The van der Waals surface area contributed by atoms with Gasteiger partial charge < -0.3 is 5.73 Å². The van der Waals surface area contributed by atoms with Gasteiger partial charge in [0.1, 0.15) is 0 Å². The van der Waals surface area contributed by atoms with Crippen LogP contribution in [0.1, 0.15) is 12.8 Å². The molecule has 2 N–H and O–H groups in total. The Morgan fingerprint density at radius 2 is 1.79 bits per heavy atom. The maximum Gasteiger partial charge on any atom is 0.281 e. The first-order valence-corrected chi connectivity index (χ1v) is 6.13. The van der Waals surface area contributed by atoms with Gasteiger partial charge in [0.05, 0.1) is 0 Å². The van der Waals surface area contributed by atoms with E-state index in [0.29, 0.717) is 12.5 Å². The largest absolute Gasteiger partial charge is 0.328 e. The van der Waals surface area contributed by atoms with Crippen molar-refractivity contribution in [2.75, 3.05) is 27.7 Å². The van der Waals surface area contributed by atoms with E-state index in [1.165, 1.54) is 8.61 Å². The Bertz CT molecular complexity index is 283. The number of hydrogen-bond acceptors (Lipinski definition) is 3. The van der Waals surface area contributed by atoms with Crippen molar-refractivity contribution in [3.8, 4) is 0 Å². The molecule has 0 aromatic rings. The molecule has 0 spiro atoms. The normalized spacial score (nSPS) is 28.1. The number of nitrogens with zero attached hydrogens (tertiary/aromatic N) is 2. The van der Waals surface area contributed by atoms with Crippen LogP contribution in [0, 0.1) is 5.92 Å². The summed E-state index contributed by atoms with van der Waals surface area (Å²) in [7, 11) is 1.45. The molecular weight excluding hydrogens is 202 g/mol. The van der Waals surface area contributed by atoms with Crippen molar-refractivity contribution in [3.63, 3.8) is 0 Å². The van der Waals surface area contributed by atoms with Crippen LogP contribution in [0.2, 0.25) is 0 Å². The highest BCUT2D eigenvalue weighted by molar-refractivity contribution is 7.86. The first kappa shape index (κ1) is 11.9. The van der Waals surface area contributed by atoms with E-state index < -0.39 is 10.2 Å². The second kappa shape index (κ2) is 4.14. The van der Waals surface area contributed by atoms with E-state index in [9.17, 15) is 8.42 Å². The van der Waals surface area contributed by atoms with Crippen LogP contribution in [0.4, 0.5) is 0 Å². The summed E-state index contributed by atoms with van der Waals surface area (Å²) in [6, 6.07) is 0.274. The van der Waals surface area contributed by atoms with Crippen LogP contribution in [-0.4, -0.2) is 50.8 Å². The summed E-state index contributed by atoms with van der Waals surface area (Å²) in [4.78, 5) is 0. The zero-order valence-corrected chi connectivity index (χ0v) is 9.79. The third kappa shape index (κ3) is 2.44. The minimum atomic E-state index is -3.24. The fourth-order valence-corrected chi connectivity index (χ4v) is 2.63. The molecule has 14 heavy (non-hydrogen) atoms. The Morgan fingerprint density at radius 1 is 1.29 bits per heavy atom. The van der Waals surface area contributed by atoms with Crippen molar-refractivity contribution >= 4 is 10.2 Å². The average Bonchev–Trinajstić information content (AvgIpc) is 2.01. The molecule has 0 radical (unpaired) electrons. The van der Waals surface area contributed by atoms with Gasteiger partial charge in [0.25, 0.3) is 10.2 Å². The predicted octanol–water partition coefficient (Wildman–Crippen LogP) is -0.538. The third-order valence-corrected chi connectivity index (χ3v) is 4.50. The first-order chi connectivity index (χ1) is 6.34. The van der Waals surface area contributed by atoms with Gasteiger partial charge in [-0.15, -0.1) is 0 Å². The van der Waals surface area contributed by atoms with Gasteiger partial charge in [-0.25, -0.2) is 0 Å². The van der Waals surface area contributed by atoms with E-state index >= 15 is 0 Å². The first-order valence-electron chi connectivity index (χ1n) is 4.73. The summed E-state index contributed by atoms with van der Waals surface area (Å²) < 4.78 is 25.8. The van der Waals surface area contributed by atoms with Gasteiger partial charge in [-0.3, -0.25) is 0 Å². The Labute approximate surface area is 86.0 Å². The fraction of sp³-hybridized carbons (Fsp3) is 1.00. The van der Waals surface area contributed by atoms with Crippen molar-refractivity contribution in [3.05, 3.63) is 0 Å². The summed E-state index contributed by atoms with van der Waals surface area (Å²) >= 11 is 0. The standard InChI is InChI=1S/C8H19N3O2S/c1-10(2)14(12,13)11(3)6-7-4-8(9)5-7/h7-8H,4-6,9H2,1-3H3. The molecule has 1 aliphatic rings. The van der Waals surface area contributed by atoms with Gasteiger partial charge in [0.15, 0.2) is 0 Å². The van der Waals surface area contributed by atoms with Gasteiger partial charge in [-0.05, 0) is 18.8 Å². The second-order valence-corrected chi connectivity index (χ2v) is 6.42. The number of rotatable bonds is 4. The zero-order valence-electron chi connectivity index (χ0n) is 8.97. The lowest BCUT2D eigenvalue weighted by Gasteiger charge is -2.35. The molecule has 0 aromatic carbocycles. The topological polar surface area (TPSA) is 66.6 Å². The van der Waals surface area contributed by atoms with Gasteiger partial charge >= 0.3 is 0 Å². The van der Waals surface area contributed by atoms with Crippen molar-refractivity contribution < 1.29 is 8.42 Å². The molecule has 0 heterocycles. The van der Waals surface area contributed by atoms with Crippen LogP contribution in [0.3, 0.4) is 0 Å². The summed E-state index contributed by atoms with van der Waals surface area (Å²) in [5.74, 6) is 0.435. The Balaban J connectivity index is 2.46. The van der Waals surface area contributed by atoms with Crippen LogP contribution < -0.4 is 5.73 Å². The Hall–Kier alpha value is -0.170. The van der Waals surface area contributed by atoms with E-state index in [1.807, 2.05) is 0 Å². The van der Waals surface area contributed by atoms with Crippen molar-refractivity contribution in [2.45, 2.75) is 18.9 Å². The van der Waals surface area contributed by atoms with Crippen LogP contribution in [0.5, 0.6) is 0 Å². The van der Waals surface area contributed by atoms with Crippen molar-refractivity contribution in [1.82, 2.24) is 8.61 Å². The van der Waals surface area contributed by atoms with E-state index in [1.54, 1.807) is 21.1 Å². The van der Waals surface area contributed by atoms with Crippen molar-refractivity contribution in [2.24, 2.45) is 11.7 Å². The molecule has 0 unspecified atom stereocenters. The smallest absolute Gasteiger partial charge is 0.281 e. The molecule has 84 valence electrons. The van der Waals surface area contributed by atoms with E-state index in [2.05, 4.69) is 0 Å². The molecule has 1 saturated carbocycles. The molecule has 0 amide bonds. The second-order valence-electron chi connectivity index (χ2n) is 4.17. The minimum Gasteiger partial charge on any atom is -0.328 e. The van der Waals surface area contributed by atoms with Crippen LogP contribution in [0.15, 0.2) is 0 Å². The molecule has 0 atom stereocenters. The van der Waals surface area contributed by atoms with Crippen LogP contribution in [-0.2, 0) is 10.2 Å². The number of hydrogen-bond donors (Lipinski definition) is 1. The summed E-state index contributed by atoms with van der Waals surface area (Å²) in [5.41, 5.74) is 5.64. The zero-order chi connectivity index (χ0) is 10.9. The van der Waals surface area contributed by atoms with Gasteiger partial charge in [-0.1, -0.05) is 0 Å². The maximum atomic E-state index is 11.6. The highest BCUT2D eigenvalue weighted by Gasteiger charge is 2.30. The van der Waals surface area contributed by atoms with Gasteiger partial charge in [0.2, 0.25) is 0 Å². The summed E-state index contributed by atoms with van der Waals surface area (Å²) in [5, 5.41) is 0. The van der Waals surface area contributed by atoms with Crippen molar-refractivity contribution in [1.29, 1.82) is 0 Å². The Morgan fingerprint density at radius 3 is 2.14 bits per heavy atom. The molecular formula is C8H19N3O2S. The molecule has 0 saturated heterocycles. The third-order valence-electron chi connectivity index (χ3n) is 2.64. The highest BCUT2D eigenvalue weighted by atomic mass is 32.2. The SMILES string of the molecule is CN(C)S(=O)(=O)N(C)CC1CC(N)C1. The average molecular weight is 221 g/mol. The van der Waals surface area contributed by atoms with E-state index in [0.717, 1.165) is 12.8 Å². The highest BCUT2D eigenvalue weighted by Crippen LogP contribution is 2.26. The summed E-state index contributed by atoms with van der Waals surface area (Å²) in [6.07, 6.45) is 1.88. The van der Waals surface area contributed by atoms with Gasteiger partial charge in [-0.2, -0.15) is 17.0 Å². The quantitative estimate of drug-likeness (QED) is 0.693. The fourth-order valence-electron chi connectivity index (χ4n) is 1.67. The molecule has 0 aromatic heterocycles. The molecule has 5 nitrogen and oxygen atoms in total. The molecule has 0 aliphatic heterocycles. The molecule has 1 aliphatic carbocycles. The lowest BCUT2D eigenvalue weighted by atomic mass is 9.81. The van der Waals surface area contributed by atoms with E-state index in [-0.39, 0.29) is 6.04 Å². The molecule has 0 bridgehead atoms. The minimum absolute atomic E-state index is 0.274. The molecule has 1 rings (SSSR count). The molecule has 6 heteroatoms. The number of nitrogens with two attached hydrogens (primary N) is 1. The lowest BCUT2D eigenvalue weighted by molar-refractivity contribution is 0.223. The van der Waals surface area contributed by atoms with Gasteiger partial charge in [0, 0.05) is 33.7 Å². The summed E-state index contributed by atoms with van der Waals surface area (Å²) in [6.45, 7) is 0.578. The Kier molecular flexibility index (Phi) is 3.52. The maximum absolute atomic E-state index is 11.6. The lowest BCUT2D eigenvalue weighted by Crippen LogP contribution is -2.45. The molecule has 1 fully saturated rings. The van der Waals surface area contributed by atoms with Crippen LogP contribution in [0.25, 0.3) is 0 Å². The van der Waals surface area contributed by atoms with E-state index in [4.69, 9.17) is 5.73 Å². The predicted molar refractivity (Wildman–Crippen MR) is 55.9 cm³/mol.